The molecule has 0 unspecified atom stereocenters. The molecule has 1 aliphatic heterocycles. The van der Waals surface area contributed by atoms with E-state index in [4.69, 9.17) is 9.47 Å². The predicted molar refractivity (Wildman–Crippen MR) is 156 cm³/mol. The normalized spacial score (nSPS) is 27.8. The van der Waals surface area contributed by atoms with Crippen LogP contribution in [0.15, 0.2) is 30.3 Å². The summed E-state index contributed by atoms with van der Waals surface area (Å²) in [6.07, 6.45) is 0.416. The van der Waals surface area contributed by atoms with Crippen molar-refractivity contribution in [2.24, 2.45) is 23.7 Å². The first-order valence-electron chi connectivity index (χ1n) is 16.5. The summed E-state index contributed by atoms with van der Waals surface area (Å²) >= 11 is 0. The Morgan fingerprint density at radius 3 is 1.93 bits per heavy atom. The van der Waals surface area contributed by atoms with Gasteiger partial charge < -0.3 is 14.2 Å². The molecule has 2 aliphatic carbocycles. The van der Waals surface area contributed by atoms with Crippen LogP contribution >= 0.6 is 0 Å². The largest absolute Gasteiger partial charge is 0.432 e. The molecule has 3 fully saturated rings. The molecule has 3 nitrogen and oxygen atoms in total. The molecule has 0 spiro atoms. The number of alkyl halides is 5. The lowest BCUT2D eigenvalue weighted by Crippen LogP contribution is -2.37. The van der Waals surface area contributed by atoms with Gasteiger partial charge in [-0.15, -0.1) is 0 Å². The van der Waals surface area contributed by atoms with E-state index in [9.17, 15) is 30.7 Å². The zero-order chi connectivity index (χ0) is 33.1. The standard InChI is InChI=1S/C35H42F8O3/c1-2-3-4-5-21-6-8-22(9-7-21)25-19-44-33(45-20-25)24-12-15-28(29(36)16-24)23-10-13-26(14-11-23)35(42,43)46-27-17-30(37)32(31(38)18-27)34(39,40)41/h12,15-18,21-23,25-26,33H,2-11,13-14,19-20H2,1H3. The van der Waals surface area contributed by atoms with Crippen molar-refractivity contribution in [2.75, 3.05) is 13.2 Å². The summed E-state index contributed by atoms with van der Waals surface area (Å²) in [6, 6.07) is 4.95. The molecule has 0 amide bonds. The second kappa shape index (κ2) is 14.8. The molecule has 2 saturated carbocycles. The van der Waals surface area contributed by atoms with Gasteiger partial charge in [0, 0.05) is 23.6 Å². The summed E-state index contributed by atoms with van der Waals surface area (Å²) in [6.45, 7) is 3.35. The highest BCUT2D eigenvalue weighted by atomic mass is 19.4. The molecule has 46 heavy (non-hydrogen) atoms. The van der Waals surface area contributed by atoms with Crippen molar-refractivity contribution in [3.63, 3.8) is 0 Å². The van der Waals surface area contributed by atoms with Gasteiger partial charge in [-0.2, -0.15) is 22.0 Å². The zero-order valence-electron chi connectivity index (χ0n) is 26.0. The summed E-state index contributed by atoms with van der Waals surface area (Å²) in [7, 11) is 0. The van der Waals surface area contributed by atoms with Gasteiger partial charge in [0.1, 0.15) is 28.8 Å². The van der Waals surface area contributed by atoms with Crippen LogP contribution in [-0.2, 0) is 15.7 Å². The minimum atomic E-state index is -5.33. The van der Waals surface area contributed by atoms with Crippen LogP contribution in [0.1, 0.15) is 113 Å². The summed E-state index contributed by atoms with van der Waals surface area (Å²) in [5.74, 6) is -5.58. The monoisotopic (exact) mass is 662 g/mol. The lowest BCUT2D eigenvalue weighted by molar-refractivity contribution is -0.222. The minimum absolute atomic E-state index is 0.0820. The van der Waals surface area contributed by atoms with Crippen molar-refractivity contribution in [3.8, 4) is 5.75 Å². The molecule has 11 heteroatoms. The number of rotatable bonds is 10. The van der Waals surface area contributed by atoms with Crippen LogP contribution in [0.4, 0.5) is 35.1 Å². The molecular formula is C35H42F8O3. The first-order chi connectivity index (χ1) is 21.9. The fraction of sp³-hybridized carbons (Fsp3) is 0.657. The first-order valence-corrected chi connectivity index (χ1v) is 16.5. The van der Waals surface area contributed by atoms with Gasteiger partial charge in [0.2, 0.25) is 0 Å². The number of hydrogen-bond donors (Lipinski definition) is 0. The van der Waals surface area contributed by atoms with Crippen molar-refractivity contribution in [1.29, 1.82) is 0 Å². The Kier molecular flexibility index (Phi) is 11.2. The lowest BCUT2D eigenvalue weighted by Gasteiger charge is -2.38. The van der Waals surface area contributed by atoms with E-state index in [2.05, 4.69) is 11.7 Å². The van der Waals surface area contributed by atoms with Crippen LogP contribution in [-0.4, -0.2) is 19.3 Å². The van der Waals surface area contributed by atoms with Crippen LogP contribution in [0, 0.1) is 41.1 Å². The quantitative estimate of drug-likeness (QED) is 0.187. The van der Waals surface area contributed by atoms with Gasteiger partial charge in [-0.3, -0.25) is 0 Å². The summed E-state index contributed by atoms with van der Waals surface area (Å²) in [5, 5.41) is 0. The number of benzene rings is 2. The Morgan fingerprint density at radius 2 is 1.37 bits per heavy atom. The van der Waals surface area contributed by atoms with E-state index in [1.807, 2.05) is 0 Å². The van der Waals surface area contributed by atoms with Gasteiger partial charge in [0.15, 0.2) is 6.29 Å². The molecule has 5 rings (SSSR count). The number of ether oxygens (including phenoxy) is 3. The van der Waals surface area contributed by atoms with Gasteiger partial charge in [-0.05, 0) is 67.9 Å². The van der Waals surface area contributed by atoms with Crippen LogP contribution < -0.4 is 4.74 Å². The van der Waals surface area contributed by atoms with E-state index < -0.39 is 53.3 Å². The molecule has 1 heterocycles. The summed E-state index contributed by atoms with van der Waals surface area (Å²) in [4.78, 5) is 0. The van der Waals surface area contributed by atoms with Gasteiger partial charge in [-0.1, -0.05) is 57.6 Å². The number of hydrogen-bond acceptors (Lipinski definition) is 3. The third-order valence-electron chi connectivity index (χ3n) is 10.2. The Morgan fingerprint density at radius 1 is 0.739 bits per heavy atom. The Balaban J connectivity index is 1.10. The van der Waals surface area contributed by atoms with Gasteiger partial charge >= 0.3 is 12.3 Å². The van der Waals surface area contributed by atoms with Crippen molar-refractivity contribution in [1.82, 2.24) is 0 Å². The highest BCUT2D eigenvalue weighted by molar-refractivity contribution is 5.33. The average molecular weight is 663 g/mol. The number of unbranched alkanes of at least 4 members (excludes halogenated alkanes) is 2. The van der Waals surface area contributed by atoms with Gasteiger partial charge in [-0.25, -0.2) is 13.2 Å². The number of halogens is 8. The molecule has 1 saturated heterocycles. The van der Waals surface area contributed by atoms with Crippen LogP contribution in [0.3, 0.4) is 0 Å². The first kappa shape index (κ1) is 34.9. The molecular weight excluding hydrogens is 620 g/mol. The van der Waals surface area contributed by atoms with Gasteiger partial charge in [0.25, 0.3) is 0 Å². The second-order valence-corrected chi connectivity index (χ2v) is 13.3. The fourth-order valence-corrected chi connectivity index (χ4v) is 7.50. The van der Waals surface area contributed by atoms with E-state index in [1.165, 1.54) is 57.4 Å². The maximum atomic E-state index is 15.3. The molecule has 2 aromatic carbocycles. The van der Waals surface area contributed by atoms with E-state index >= 15 is 4.39 Å². The molecule has 0 aromatic heterocycles. The minimum Gasteiger partial charge on any atom is -0.432 e. The highest BCUT2D eigenvalue weighted by Gasteiger charge is 2.45. The maximum Gasteiger partial charge on any atom is 0.422 e. The third kappa shape index (κ3) is 8.35. The van der Waals surface area contributed by atoms with E-state index in [0.717, 1.165) is 5.92 Å². The van der Waals surface area contributed by atoms with Crippen molar-refractivity contribution in [2.45, 2.75) is 108 Å². The molecule has 2 aromatic rings. The van der Waals surface area contributed by atoms with E-state index in [1.54, 1.807) is 12.1 Å². The van der Waals surface area contributed by atoms with E-state index in [0.29, 0.717) is 36.2 Å². The zero-order valence-corrected chi connectivity index (χ0v) is 26.0. The molecule has 0 N–H and O–H groups in total. The third-order valence-corrected chi connectivity index (χ3v) is 10.2. The van der Waals surface area contributed by atoms with Gasteiger partial charge in [0.05, 0.1) is 19.1 Å². The second-order valence-electron chi connectivity index (χ2n) is 13.3. The molecule has 256 valence electrons. The predicted octanol–water partition coefficient (Wildman–Crippen LogP) is 11.1. The van der Waals surface area contributed by atoms with Crippen LogP contribution in [0.2, 0.25) is 0 Å². The van der Waals surface area contributed by atoms with Crippen molar-refractivity contribution >= 4 is 0 Å². The van der Waals surface area contributed by atoms with Crippen molar-refractivity contribution in [3.05, 3.63) is 64.5 Å². The fourth-order valence-electron chi connectivity index (χ4n) is 7.50. The molecule has 3 aliphatic rings. The smallest absolute Gasteiger partial charge is 0.422 e. The summed E-state index contributed by atoms with van der Waals surface area (Å²) in [5.41, 5.74) is -1.22. The highest BCUT2D eigenvalue weighted by Crippen LogP contribution is 2.45. The molecule has 0 radical (unpaired) electrons. The Hall–Kier alpha value is -2.40. The van der Waals surface area contributed by atoms with Crippen molar-refractivity contribution < 1.29 is 49.3 Å². The molecule has 0 atom stereocenters. The van der Waals surface area contributed by atoms with Crippen LogP contribution in [0.25, 0.3) is 0 Å². The Labute approximate surface area is 265 Å². The maximum absolute atomic E-state index is 15.3. The molecule has 0 bridgehead atoms. The van der Waals surface area contributed by atoms with Crippen LogP contribution in [0.5, 0.6) is 5.75 Å². The average Bonchev–Trinajstić information content (AvgIpc) is 3.00. The summed E-state index contributed by atoms with van der Waals surface area (Å²) < 4.78 is 128. The lowest BCUT2D eigenvalue weighted by atomic mass is 9.74. The Bertz CT molecular complexity index is 1270. The van der Waals surface area contributed by atoms with E-state index in [-0.39, 0.29) is 43.7 Å². The topological polar surface area (TPSA) is 27.7 Å². The SMILES string of the molecule is CCCCCC1CCC(C2COC(c3ccc(C4CCC(C(F)(F)Oc5cc(F)c(C(F)(F)F)c(F)c5)CC4)c(F)c3)OC2)CC1.